The van der Waals surface area contributed by atoms with Crippen LogP contribution in [0, 0.1) is 20.2 Å². The van der Waals surface area contributed by atoms with Crippen LogP contribution in [0.3, 0.4) is 0 Å². The zero-order valence-corrected chi connectivity index (χ0v) is 21.4. The lowest BCUT2D eigenvalue weighted by molar-refractivity contribution is -0.384. The Morgan fingerprint density at radius 3 is 1.32 bits per heavy atom. The highest BCUT2D eigenvalue weighted by Crippen LogP contribution is 2.33. The fourth-order valence-electron chi connectivity index (χ4n) is 4.13. The monoisotopic (exact) mass is 578 g/mol. The van der Waals surface area contributed by atoms with Crippen LogP contribution in [0.5, 0.6) is 11.5 Å². The molecule has 0 unspecified atom stereocenters. The molecule has 0 fully saturated rings. The largest absolute Gasteiger partial charge is 0.507 e. The van der Waals surface area contributed by atoms with Crippen LogP contribution in [0.2, 0.25) is 0 Å². The van der Waals surface area contributed by atoms with Gasteiger partial charge in [0.25, 0.3) is 11.4 Å². The van der Waals surface area contributed by atoms with Crippen LogP contribution < -0.4 is 11.3 Å². The maximum atomic E-state index is 11.8. The molecule has 0 saturated heterocycles. The minimum atomic E-state index is -0.670. The molecule has 14 heteroatoms. The van der Waals surface area contributed by atoms with Crippen LogP contribution in [0.1, 0.15) is 0 Å². The predicted octanol–water partition coefficient (Wildman–Crippen LogP) is 5.12. The van der Waals surface area contributed by atoms with E-state index in [1.807, 2.05) is 0 Å². The molecular weight excluding hydrogens is 564 g/mol. The van der Waals surface area contributed by atoms with Crippen molar-refractivity contribution in [1.29, 1.82) is 0 Å². The van der Waals surface area contributed by atoms with Gasteiger partial charge < -0.3 is 19.0 Å². The quantitative estimate of drug-likeness (QED) is 0.120. The van der Waals surface area contributed by atoms with Gasteiger partial charge in [-0.3, -0.25) is 20.2 Å². The molecule has 0 spiro atoms. The summed E-state index contributed by atoms with van der Waals surface area (Å²) in [7, 11) is 0. The van der Waals surface area contributed by atoms with Crippen LogP contribution in [0.25, 0.3) is 43.5 Å². The van der Waals surface area contributed by atoms with Crippen molar-refractivity contribution in [1.82, 2.24) is 0 Å². The van der Waals surface area contributed by atoms with E-state index in [2.05, 4.69) is 22.4 Å². The van der Waals surface area contributed by atoms with Gasteiger partial charge in [-0.1, -0.05) is 12.1 Å². The Morgan fingerprint density at radius 1 is 0.600 bits per heavy atom. The zero-order chi connectivity index (χ0) is 29.1. The first-order chi connectivity index (χ1) is 19.2. The van der Waals surface area contributed by atoms with Gasteiger partial charge in [0, 0.05) is 57.4 Å². The van der Waals surface area contributed by atoms with E-state index >= 15 is 0 Å². The van der Waals surface area contributed by atoms with Gasteiger partial charge in [0.05, 0.1) is 31.4 Å². The summed E-state index contributed by atoms with van der Waals surface area (Å²) in [6, 6.07) is 16.9. The topological polar surface area (TPSA) is 187 Å². The Labute approximate surface area is 231 Å². The molecule has 2 aromatic heterocycles. The van der Waals surface area contributed by atoms with Crippen molar-refractivity contribution in [2.45, 2.75) is 0 Å². The fraction of sp³-hybridized carbons (Fsp3) is 0. The maximum absolute atomic E-state index is 11.8. The van der Waals surface area contributed by atoms with Crippen LogP contribution in [0.15, 0.2) is 91.2 Å². The Kier molecular flexibility index (Phi) is 7.74. The first kappa shape index (κ1) is 27.7. The number of hydrogen-bond donors (Lipinski definition) is 2. The van der Waals surface area contributed by atoms with Gasteiger partial charge >= 0.3 is 11.3 Å². The molecule has 0 bridgehead atoms. The van der Waals surface area contributed by atoms with Gasteiger partial charge in [-0.25, -0.2) is 9.59 Å². The summed E-state index contributed by atoms with van der Waals surface area (Å²) in [5.41, 5.74) is -1.25. The first-order valence-electron chi connectivity index (χ1n) is 11.0. The number of phenols is 2. The van der Waals surface area contributed by atoms with Crippen molar-refractivity contribution in [2.24, 2.45) is 0 Å². The van der Waals surface area contributed by atoms with Crippen LogP contribution in [-0.2, 0) is 22.4 Å². The fourth-order valence-corrected chi connectivity index (χ4v) is 4.13. The Hall–Kier alpha value is -5.34. The Balaban J connectivity index is 0.000000174. The molecule has 0 radical (unpaired) electrons. The lowest BCUT2D eigenvalue weighted by Crippen LogP contribution is -2.00. The molecule has 0 atom stereocenters. The lowest BCUT2D eigenvalue weighted by Gasteiger charge is -2.03. The summed E-state index contributed by atoms with van der Waals surface area (Å²) in [6.07, 6.45) is 0. The number of phenolic OH excluding ortho intramolecular Hbond substituents is 2. The maximum Gasteiger partial charge on any atom is 0.344 e. The summed E-state index contributed by atoms with van der Waals surface area (Å²) >= 11 is 7.33. The zero-order valence-electron chi connectivity index (χ0n) is 19.8. The first-order valence-corrected chi connectivity index (χ1v) is 12.3. The highest BCUT2D eigenvalue weighted by Gasteiger charge is 2.15. The molecule has 0 aliphatic carbocycles. The number of nitrogens with zero attached hydrogens (tertiary/aromatic N) is 2. The Morgan fingerprint density at radius 2 is 0.975 bits per heavy atom. The van der Waals surface area contributed by atoms with Crippen LogP contribution in [-0.4, -0.2) is 20.1 Å². The standard InChI is InChI=1S/2C13H7NO5.S2/c2*15-10-2-1-3-11-12(10)8-5-4-7(14(17)18)6-9(8)13(16)19-11;1-2/h2*1-6,15H;. The second-order valence-corrected chi connectivity index (χ2v) is 8.05. The minimum Gasteiger partial charge on any atom is -0.507 e. The second-order valence-electron chi connectivity index (χ2n) is 8.05. The molecule has 0 aliphatic heterocycles. The van der Waals surface area contributed by atoms with Crippen LogP contribution >= 0.6 is 0 Å². The molecule has 0 amide bonds. The van der Waals surface area contributed by atoms with Gasteiger partial charge in [0.1, 0.15) is 22.7 Å². The van der Waals surface area contributed by atoms with E-state index in [0.717, 1.165) is 12.1 Å². The molecule has 0 aliphatic rings. The average molecular weight is 579 g/mol. The van der Waals surface area contributed by atoms with Gasteiger partial charge in [0.2, 0.25) is 0 Å². The van der Waals surface area contributed by atoms with E-state index in [1.165, 1.54) is 36.4 Å². The molecule has 6 rings (SSSR count). The van der Waals surface area contributed by atoms with Crippen LogP contribution in [0.4, 0.5) is 11.4 Å². The minimum absolute atomic E-state index is 0.0416. The van der Waals surface area contributed by atoms with Gasteiger partial charge in [0.15, 0.2) is 0 Å². The number of aromatic hydroxyl groups is 2. The van der Waals surface area contributed by atoms with E-state index in [1.54, 1.807) is 24.3 Å². The van der Waals surface area contributed by atoms with E-state index < -0.39 is 21.1 Å². The molecule has 200 valence electrons. The highest BCUT2D eigenvalue weighted by molar-refractivity contribution is 8.07. The summed E-state index contributed by atoms with van der Waals surface area (Å²) in [5.74, 6) is -0.0831. The van der Waals surface area contributed by atoms with Crippen molar-refractivity contribution in [2.75, 3.05) is 0 Å². The average Bonchev–Trinajstić information content (AvgIpc) is 2.94. The normalized spacial score (nSPS) is 10.5. The van der Waals surface area contributed by atoms with Gasteiger partial charge in [-0.05, 0) is 36.4 Å². The Bertz CT molecular complexity index is 1940. The number of nitro benzene ring substituents is 2. The van der Waals surface area contributed by atoms with Gasteiger partial charge in [-0.15, -0.1) is 0 Å². The number of rotatable bonds is 2. The van der Waals surface area contributed by atoms with Crippen molar-refractivity contribution in [3.63, 3.8) is 0 Å². The van der Waals surface area contributed by atoms with Gasteiger partial charge in [-0.2, -0.15) is 0 Å². The molecular formula is C26H14N2O10S2. The number of benzene rings is 4. The summed E-state index contributed by atoms with van der Waals surface area (Å²) < 4.78 is 10.1. The van der Waals surface area contributed by atoms with Crippen molar-refractivity contribution >= 4 is 77.2 Å². The SMILES string of the molecule is O=c1oc2cccc(O)c2c2ccc([N+](=O)[O-])cc12.O=c1oc2cccc(O)c2c2ccc([N+](=O)[O-])cc12.S=S. The van der Waals surface area contributed by atoms with E-state index in [4.69, 9.17) is 8.83 Å². The molecule has 12 nitrogen and oxygen atoms in total. The smallest absolute Gasteiger partial charge is 0.344 e. The summed E-state index contributed by atoms with van der Waals surface area (Å²) in [5, 5.41) is 42.8. The molecule has 40 heavy (non-hydrogen) atoms. The molecule has 6 aromatic rings. The lowest BCUT2D eigenvalue weighted by atomic mass is 10.1. The van der Waals surface area contributed by atoms with E-state index in [-0.39, 0.29) is 44.8 Å². The van der Waals surface area contributed by atoms with E-state index in [9.17, 15) is 40.0 Å². The third-order valence-electron chi connectivity index (χ3n) is 5.82. The van der Waals surface area contributed by atoms with E-state index in [0.29, 0.717) is 21.5 Å². The number of non-ortho nitro benzene ring substituents is 2. The second kappa shape index (κ2) is 11.2. The molecule has 2 heterocycles. The highest BCUT2D eigenvalue weighted by atomic mass is 32.8. The molecule has 2 N–H and O–H groups in total. The van der Waals surface area contributed by atoms with Crippen molar-refractivity contribution in [3.8, 4) is 11.5 Å². The predicted molar refractivity (Wildman–Crippen MR) is 151 cm³/mol. The number of hydrogen-bond acceptors (Lipinski definition) is 12. The number of nitro groups is 2. The molecule has 4 aromatic carbocycles. The summed E-state index contributed by atoms with van der Waals surface area (Å²) in [4.78, 5) is 43.9. The third-order valence-corrected chi connectivity index (χ3v) is 5.82. The number of fused-ring (bicyclic) bond motifs is 6. The summed E-state index contributed by atoms with van der Waals surface area (Å²) in [6.45, 7) is 0. The van der Waals surface area contributed by atoms with Crippen molar-refractivity contribution in [3.05, 3.63) is 114 Å². The van der Waals surface area contributed by atoms with Crippen molar-refractivity contribution < 1.29 is 28.9 Å². The third kappa shape index (κ3) is 5.03. The molecule has 0 saturated carbocycles.